The van der Waals surface area contributed by atoms with Crippen molar-refractivity contribution in [2.75, 3.05) is 0 Å². The molecule has 2 aromatic heterocycles. The molecule has 0 saturated heterocycles. The largest absolute Gasteiger partial charge is 0.309 e. The number of nitrogens with zero attached hydrogens (tertiary/aromatic N) is 2. The molecular weight excluding hydrogens is 833 g/mol. The van der Waals surface area contributed by atoms with Crippen molar-refractivity contribution in [2.45, 2.75) is 20.8 Å². The molecule has 0 amide bonds. The third-order valence-electron chi connectivity index (χ3n) is 14.0. The third-order valence-corrected chi connectivity index (χ3v) is 14.0. The second-order valence-corrected chi connectivity index (χ2v) is 18.2. The number of fused-ring (bicyclic) bond motifs is 8. The zero-order valence-corrected chi connectivity index (χ0v) is 39.1. The number of rotatable bonds is 6. The minimum Gasteiger partial charge on any atom is -0.309 e. The monoisotopic (exact) mass is 882 g/mol. The van der Waals surface area contributed by atoms with E-state index in [0.29, 0.717) is 0 Å². The summed E-state index contributed by atoms with van der Waals surface area (Å²) in [5.74, 6) is 0. The van der Waals surface area contributed by atoms with Crippen LogP contribution in [0.5, 0.6) is 0 Å². The van der Waals surface area contributed by atoms with Crippen LogP contribution in [0.25, 0.3) is 110 Å². The second kappa shape index (κ2) is 17.5. The van der Waals surface area contributed by atoms with E-state index in [4.69, 9.17) is 0 Å². The molecule has 0 N–H and O–H groups in total. The fourth-order valence-electron chi connectivity index (χ4n) is 10.5. The maximum atomic E-state index is 2.41. The van der Waals surface area contributed by atoms with Crippen LogP contribution in [-0.2, 0) is 0 Å². The summed E-state index contributed by atoms with van der Waals surface area (Å²) in [6.07, 6.45) is 0. The van der Waals surface area contributed by atoms with Crippen LogP contribution >= 0.6 is 0 Å². The number of aromatic nitrogens is 2. The number of para-hydroxylation sites is 3. The molecule has 0 radical (unpaired) electrons. The van der Waals surface area contributed by atoms with E-state index in [1.54, 1.807) is 0 Å². The molecule has 13 aromatic rings. The molecule has 328 valence electrons. The van der Waals surface area contributed by atoms with Gasteiger partial charge in [0.1, 0.15) is 0 Å². The van der Waals surface area contributed by atoms with E-state index in [0.717, 1.165) is 5.69 Å². The SMILES string of the molecule is Cc1ccccc1.Cc1ccccc1-c1cc(-c2ccc(-c3ccc4c(c3)c3c5ccccc5ccc3n4-c3ccccc3)cc2)cc(-c2ccc(-n3c4ccccc4c4ccccc43)cc2)c1C. The van der Waals surface area contributed by atoms with E-state index in [1.807, 2.05) is 18.2 Å². The predicted molar refractivity (Wildman–Crippen MR) is 295 cm³/mol. The van der Waals surface area contributed by atoms with Crippen molar-refractivity contribution in [3.05, 3.63) is 265 Å². The molecular formula is C67H50N2. The van der Waals surface area contributed by atoms with Crippen LogP contribution in [0.1, 0.15) is 16.7 Å². The van der Waals surface area contributed by atoms with Gasteiger partial charge in [-0.15, -0.1) is 0 Å². The van der Waals surface area contributed by atoms with Crippen LogP contribution in [0.4, 0.5) is 0 Å². The van der Waals surface area contributed by atoms with E-state index >= 15 is 0 Å². The first kappa shape index (κ1) is 41.7. The lowest BCUT2D eigenvalue weighted by Gasteiger charge is -2.18. The number of aryl methyl sites for hydroxylation is 2. The van der Waals surface area contributed by atoms with Gasteiger partial charge in [0, 0.05) is 32.9 Å². The highest BCUT2D eigenvalue weighted by Gasteiger charge is 2.18. The Labute approximate surface area is 403 Å². The Morgan fingerprint density at radius 3 is 1.43 bits per heavy atom. The van der Waals surface area contributed by atoms with E-state index in [-0.39, 0.29) is 0 Å². The van der Waals surface area contributed by atoms with Crippen molar-refractivity contribution in [1.29, 1.82) is 0 Å². The Kier molecular flexibility index (Phi) is 10.6. The van der Waals surface area contributed by atoms with Gasteiger partial charge in [-0.1, -0.05) is 188 Å². The van der Waals surface area contributed by atoms with Gasteiger partial charge in [-0.3, -0.25) is 0 Å². The highest BCUT2D eigenvalue weighted by molar-refractivity contribution is 6.22. The van der Waals surface area contributed by atoms with Crippen LogP contribution in [-0.4, -0.2) is 9.13 Å². The summed E-state index contributed by atoms with van der Waals surface area (Å²) in [4.78, 5) is 0. The Balaban J connectivity index is 0.000000649. The van der Waals surface area contributed by atoms with E-state index in [9.17, 15) is 0 Å². The summed E-state index contributed by atoms with van der Waals surface area (Å²) in [6, 6.07) is 90.5. The quantitative estimate of drug-likeness (QED) is 0.157. The molecule has 13 rings (SSSR count). The third kappa shape index (κ3) is 7.48. The Morgan fingerprint density at radius 2 is 0.768 bits per heavy atom. The molecule has 11 aromatic carbocycles. The lowest BCUT2D eigenvalue weighted by Crippen LogP contribution is -1.95. The van der Waals surface area contributed by atoms with E-state index < -0.39 is 0 Å². The minimum absolute atomic E-state index is 1.16. The zero-order chi connectivity index (χ0) is 46.4. The molecule has 0 aliphatic carbocycles. The molecule has 0 atom stereocenters. The Hall–Kier alpha value is -8.72. The van der Waals surface area contributed by atoms with Gasteiger partial charge in [-0.25, -0.2) is 0 Å². The van der Waals surface area contributed by atoms with Crippen molar-refractivity contribution in [2.24, 2.45) is 0 Å². The number of hydrogen-bond donors (Lipinski definition) is 0. The standard InChI is InChI=1S/C60H42N2.C7H8/c1-39-14-6-8-18-49(39)54-38-46(37-53(40(54)2)44-28-32-48(33-29-44)61-56-22-12-10-20-51(56)52-21-11-13-23-57(52)61)42-26-24-41(25-27-42)45-31-34-58-55(36-45)60-50-19-9-7-15-43(50)30-35-59(60)62(58)47-16-4-3-5-17-47;1-7-5-3-2-4-6-7/h3-38H,1-2H3;2-6H,1H3. The van der Waals surface area contributed by atoms with Gasteiger partial charge < -0.3 is 9.13 Å². The Morgan fingerprint density at radius 1 is 0.275 bits per heavy atom. The normalized spacial score (nSPS) is 11.4. The topological polar surface area (TPSA) is 9.86 Å². The van der Waals surface area contributed by atoms with Crippen molar-refractivity contribution in [1.82, 2.24) is 9.13 Å². The fourth-order valence-corrected chi connectivity index (χ4v) is 10.5. The van der Waals surface area contributed by atoms with Crippen molar-refractivity contribution in [3.63, 3.8) is 0 Å². The van der Waals surface area contributed by atoms with Crippen LogP contribution in [0, 0.1) is 20.8 Å². The fraction of sp³-hybridized carbons (Fsp3) is 0.0448. The smallest absolute Gasteiger partial charge is 0.0547 e. The van der Waals surface area contributed by atoms with Gasteiger partial charge in [0.25, 0.3) is 0 Å². The lowest BCUT2D eigenvalue weighted by atomic mass is 9.87. The molecule has 0 fully saturated rings. The van der Waals surface area contributed by atoms with Crippen molar-refractivity contribution >= 4 is 54.4 Å². The highest BCUT2D eigenvalue weighted by Crippen LogP contribution is 2.42. The van der Waals surface area contributed by atoms with E-state index in [1.165, 1.54) is 121 Å². The first-order valence-corrected chi connectivity index (χ1v) is 23.9. The van der Waals surface area contributed by atoms with Gasteiger partial charge in [-0.05, 0) is 154 Å². The predicted octanol–water partition coefficient (Wildman–Crippen LogP) is 18.3. The minimum atomic E-state index is 1.16. The molecule has 0 aliphatic heterocycles. The maximum absolute atomic E-state index is 2.41. The van der Waals surface area contributed by atoms with Crippen LogP contribution in [0.2, 0.25) is 0 Å². The molecule has 0 saturated carbocycles. The summed E-state index contributed by atoms with van der Waals surface area (Å²) in [5, 5.41) is 7.63. The zero-order valence-electron chi connectivity index (χ0n) is 39.1. The first-order valence-electron chi connectivity index (χ1n) is 23.9. The van der Waals surface area contributed by atoms with E-state index in [2.05, 4.69) is 260 Å². The van der Waals surface area contributed by atoms with Gasteiger partial charge in [0.2, 0.25) is 0 Å². The summed E-state index contributed by atoms with van der Waals surface area (Å²) in [5.41, 5.74) is 20.8. The molecule has 2 nitrogen and oxygen atoms in total. The molecule has 0 aliphatic rings. The molecule has 0 spiro atoms. The average Bonchev–Trinajstić information content (AvgIpc) is 3.93. The van der Waals surface area contributed by atoms with Crippen LogP contribution in [0.15, 0.2) is 249 Å². The van der Waals surface area contributed by atoms with Crippen molar-refractivity contribution in [3.8, 4) is 55.9 Å². The van der Waals surface area contributed by atoms with Gasteiger partial charge in [0.05, 0.1) is 22.1 Å². The van der Waals surface area contributed by atoms with Gasteiger partial charge in [0.15, 0.2) is 0 Å². The number of benzene rings is 11. The molecule has 69 heavy (non-hydrogen) atoms. The lowest BCUT2D eigenvalue weighted by molar-refractivity contribution is 1.18. The van der Waals surface area contributed by atoms with Crippen LogP contribution in [0.3, 0.4) is 0 Å². The van der Waals surface area contributed by atoms with Crippen LogP contribution < -0.4 is 0 Å². The summed E-state index contributed by atoms with van der Waals surface area (Å²) >= 11 is 0. The summed E-state index contributed by atoms with van der Waals surface area (Å²) in [6.45, 7) is 6.58. The average molecular weight is 883 g/mol. The maximum Gasteiger partial charge on any atom is 0.0547 e. The van der Waals surface area contributed by atoms with Gasteiger partial charge in [-0.2, -0.15) is 0 Å². The summed E-state index contributed by atoms with van der Waals surface area (Å²) in [7, 11) is 0. The second-order valence-electron chi connectivity index (χ2n) is 18.2. The molecule has 2 heteroatoms. The molecule has 2 heterocycles. The molecule has 0 unspecified atom stereocenters. The molecule has 0 bridgehead atoms. The van der Waals surface area contributed by atoms with Gasteiger partial charge >= 0.3 is 0 Å². The van der Waals surface area contributed by atoms with Crippen molar-refractivity contribution < 1.29 is 0 Å². The first-order chi connectivity index (χ1) is 34.0. The number of hydrogen-bond acceptors (Lipinski definition) is 0. The highest BCUT2D eigenvalue weighted by atomic mass is 15.0. The Bertz CT molecular complexity index is 3950. The summed E-state index contributed by atoms with van der Waals surface area (Å²) < 4.78 is 4.79.